The largest absolute Gasteiger partial charge is 0.389 e. The molecule has 0 radical (unpaired) electrons. The number of hydrogen-bond donors (Lipinski definition) is 2. The Morgan fingerprint density at radius 1 is 1.31 bits per heavy atom. The van der Waals surface area contributed by atoms with Crippen LogP contribution in [0.1, 0.15) is 43.7 Å². The van der Waals surface area contributed by atoms with Crippen molar-refractivity contribution in [1.29, 1.82) is 0 Å². The third-order valence-corrected chi connectivity index (χ3v) is 3.46. The molecule has 88 valence electrons. The maximum absolute atomic E-state index is 10.1. The van der Waals surface area contributed by atoms with Crippen LogP contribution in [0.3, 0.4) is 0 Å². The second-order valence-electron chi connectivity index (χ2n) is 5.47. The van der Waals surface area contributed by atoms with Gasteiger partial charge in [0.2, 0.25) is 0 Å². The average molecular weight is 219 g/mol. The van der Waals surface area contributed by atoms with E-state index in [1.165, 1.54) is 11.1 Å². The first kappa shape index (κ1) is 11.6. The molecule has 1 aliphatic carbocycles. The summed E-state index contributed by atoms with van der Waals surface area (Å²) in [6.07, 6.45) is 2.21. The Bertz CT molecular complexity index is 350. The van der Waals surface area contributed by atoms with Crippen LogP contribution in [-0.2, 0) is 6.42 Å². The highest BCUT2D eigenvalue weighted by Gasteiger charge is 2.40. The highest BCUT2D eigenvalue weighted by Crippen LogP contribution is 2.34. The summed E-state index contributed by atoms with van der Waals surface area (Å²) in [5, 5.41) is 10.1. The van der Waals surface area contributed by atoms with Gasteiger partial charge in [0.05, 0.1) is 5.60 Å². The second kappa shape index (κ2) is 4.19. The standard InChI is InChI=1S/C14H21NO/c1-10(2)12-5-3-11(4-6-12)7-14(16)8-13(15)9-14/h3-6,10,13,16H,7-9,15H2,1-2H3. The molecule has 16 heavy (non-hydrogen) atoms. The Balaban J connectivity index is 2.00. The van der Waals surface area contributed by atoms with Gasteiger partial charge in [0.15, 0.2) is 0 Å². The maximum Gasteiger partial charge on any atom is 0.0717 e. The van der Waals surface area contributed by atoms with Crippen LogP contribution in [0.15, 0.2) is 24.3 Å². The highest BCUT2D eigenvalue weighted by molar-refractivity contribution is 5.26. The summed E-state index contributed by atoms with van der Waals surface area (Å²) in [6, 6.07) is 8.75. The molecule has 0 aliphatic heterocycles. The van der Waals surface area contributed by atoms with E-state index in [4.69, 9.17) is 5.73 Å². The van der Waals surface area contributed by atoms with Crippen LogP contribution in [0, 0.1) is 0 Å². The quantitative estimate of drug-likeness (QED) is 0.818. The zero-order valence-corrected chi connectivity index (χ0v) is 10.1. The minimum atomic E-state index is -0.543. The first-order valence-electron chi connectivity index (χ1n) is 6.05. The topological polar surface area (TPSA) is 46.2 Å². The summed E-state index contributed by atoms with van der Waals surface area (Å²) in [5.74, 6) is 0.564. The molecule has 1 aliphatic rings. The van der Waals surface area contributed by atoms with Crippen molar-refractivity contribution < 1.29 is 5.11 Å². The third-order valence-electron chi connectivity index (χ3n) is 3.46. The van der Waals surface area contributed by atoms with Crippen LogP contribution in [0.2, 0.25) is 0 Å². The molecule has 2 nitrogen and oxygen atoms in total. The molecule has 0 heterocycles. The molecule has 0 spiro atoms. The fraction of sp³-hybridized carbons (Fsp3) is 0.571. The van der Waals surface area contributed by atoms with Crippen molar-refractivity contribution >= 4 is 0 Å². The Labute approximate surface area is 97.5 Å². The molecule has 0 atom stereocenters. The van der Waals surface area contributed by atoms with Crippen LogP contribution in [0.5, 0.6) is 0 Å². The molecule has 1 aromatic carbocycles. The van der Waals surface area contributed by atoms with E-state index in [-0.39, 0.29) is 6.04 Å². The molecule has 0 saturated heterocycles. The van der Waals surface area contributed by atoms with Gasteiger partial charge in [-0.05, 0) is 29.9 Å². The Morgan fingerprint density at radius 2 is 1.88 bits per heavy atom. The number of benzene rings is 1. The van der Waals surface area contributed by atoms with E-state index in [2.05, 4.69) is 38.1 Å². The molecule has 1 saturated carbocycles. The average Bonchev–Trinajstić information content (AvgIpc) is 2.16. The van der Waals surface area contributed by atoms with E-state index in [9.17, 15) is 5.11 Å². The van der Waals surface area contributed by atoms with Gasteiger partial charge < -0.3 is 10.8 Å². The van der Waals surface area contributed by atoms with Crippen molar-refractivity contribution in [3.05, 3.63) is 35.4 Å². The molecule has 0 unspecified atom stereocenters. The predicted molar refractivity (Wildman–Crippen MR) is 66.4 cm³/mol. The lowest BCUT2D eigenvalue weighted by atomic mass is 9.72. The number of aliphatic hydroxyl groups is 1. The zero-order chi connectivity index (χ0) is 11.8. The summed E-state index contributed by atoms with van der Waals surface area (Å²) in [4.78, 5) is 0. The van der Waals surface area contributed by atoms with Crippen molar-refractivity contribution in [3.63, 3.8) is 0 Å². The minimum Gasteiger partial charge on any atom is -0.389 e. The van der Waals surface area contributed by atoms with Gasteiger partial charge in [-0.25, -0.2) is 0 Å². The van der Waals surface area contributed by atoms with Gasteiger partial charge in [-0.15, -0.1) is 0 Å². The number of nitrogens with two attached hydrogens (primary N) is 1. The van der Waals surface area contributed by atoms with Gasteiger partial charge in [-0.1, -0.05) is 38.1 Å². The van der Waals surface area contributed by atoms with Gasteiger partial charge >= 0.3 is 0 Å². The molecule has 1 fully saturated rings. The third kappa shape index (κ3) is 2.45. The fourth-order valence-corrected chi connectivity index (χ4v) is 2.46. The Morgan fingerprint density at radius 3 is 2.31 bits per heavy atom. The number of hydrogen-bond acceptors (Lipinski definition) is 2. The highest BCUT2D eigenvalue weighted by atomic mass is 16.3. The normalized spacial score (nSPS) is 29.2. The van der Waals surface area contributed by atoms with Crippen LogP contribution < -0.4 is 5.73 Å². The zero-order valence-electron chi connectivity index (χ0n) is 10.1. The maximum atomic E-state index is 10.1. The van der Waals surface area contributed by atoms with E-state index in [0.717, 1.165) is 19.3 Å². The van der Waals surface area contributed by atoms with E-state index in [1.807, 2.05) is 0 Å². The molecule has 2 heteroatoms. The molecule has 0 bridgehead atoms. The van der Waals surface area contributed by atoms with Crippen molar-refractivity contribution in [2.75, 3.05) is 0 Å². The lowest BCUT2D eigenvalue weighted by molar-refractivity contribution is -0.0455. The van der Waals surface area contributed by atoms with Gasteiger partial charge in [-0.2, -0.15) is 0 Å². The Kier molecular flexibility index (Phi) is 3.04. The molecule has 2 rings (SSSR count). The van der Waals surface area contributed by atoms with Gasteiger partial charge in [0.1, 0.15) is 0 Å². The summed E-state index contributed by atoms with van der Waals surface area (Å²) < 4.78 is 0. The SMILES string of the molecule is CC(C)c1ccc(CC2(O)CC(N)C2)cc1. The van der Waals surface area contributed by atoms with Crippen LogP contribution in [-0.4, -0.2) is 16.7 Å². The summed E-state index contributed by atoms with van der Waals surface area (Å²) in [6.45, 7) is 4.38. The molecular weight excluding hydrogens is 198 g/mol. The lowest BCUT2D eigenvalue weighted by Crippen LogP contribution is -2.52. The summed E-state index contributed by atoms with van der Waals surface area (Å²) in [7, 11) is 0. The molecule has 3 N–H and O–H groups in total. The second-order valence-corrected chi connectivity index (χ2v) is 5.47. The van der Waals surface area contributed by atoms with E-state index < -0.39 is 5.60 Å². The molecule has 0 aromatic heterocycles. The summed E-state index contributed by atoms with van der Waals surface area (Å²) >= 11 is 0. The van der Waals surface area contributed by atoms with E-state index in [0.29, 0.717) is 5.92 Å². The first-order valence-corrected chi connectivity index (χ1v) is 6.05. The van der Waals surface area contributed by atoms with E-state index >= 15 is 0 Å². The van der Waals surface area contributed by atoms with Gasteiger partial charge in [0.25, 0.3) is 0 Å². The van der Waals surface area contributed by atoms with Gasteiger partial charge in [0, 0.05) is 12.5 Å². The van der Waals surface area contributed by atoms with Gasteiger partial charge in [-0.3, -0.25) is 0 Å². The van der Waals surface area contributed by atoms with Crippen LogP contribution in [0.25, 0.3) is 0 Å². The minimum absolute atomic E-state index is 0.194. The molecule has 0 amide bonds. The molecule has 1 aromatic rings. The lowest BCUT2D eigenvalue weighted by Gasteiger charge is -2.42. The predicted octanol–water partition coefficient (Wildman–Crippen LogP) is 2.20. The van der Waals surface area contributed by atoms with Crippen LogP contribution in [0.4, 0.5) is 0 Å². The van der Waals surface area contributed by atoms with Crippen LogP contribution >= 0.6 is 0 Å². The first-order chi connectivity index (χ1) is 7.48. The van der Waals surface area contributed by atoms with Crippen molar-refractivity contribution in [2.45, 2.75) is 50.7 Å². The smallest absolute Gasteiger partial charge is 0.0717 e. The van der Waals surface area contributed by atoms with E-state index in [1.54, 1.807) is 0 Å². The monoisotopic (exact) mass is 219 g/mol. The van der Waals surface area contributed by atoms with Crippen molar-refractivity contribution in [3.8, 4) is 0 Å². The molecular formula is C14H21NO. The number of rotatable bonds is 3. The van der Waals surface area contributed by atoms with Crippen molar-refractivity contribution in [2.24, 2.45) is 5.73 Å². The fourth-order valence-electron chi connectivity index (χ4n) is 2.46. The Hall–Kier alpha value is -0.860. The van der Waals surface area contributed by atoms with Crippen molar-refractivity contribution in [1.82, 2.24) is 0 Å². The summed E-state index contributed by atoms with van der Waals surface area (Å²) in [5.41, 5.74) is 7.72.